The van der Waals surface area contributed by atoms with Gasteiger partial charge in [0, 0.05) is 29.0 Å². The van der Waals surface area contributed by atoms with Gasteiger partial charge in [0.05, 0.1) is 5.52 Å². The fourth-order valence-corrected chi connectivity index (χ4v) is 2.64. The van der Waals surface area contributed by atoms with Crippen molar-refractivity contribution in [2.45, 2.75) is 0 Å². The quantitative estimate of drug-likeness (QED) is 0.501. The number of aromatic amines is 1. The number of carbonyl (C=O) groups is 1. The summed E-state index contributed by atoms with van der Waals surface area (Å²) < 4.78 is 0. The third-order valence-corrected chi connectivity index (χ3v) is 3.90. The Labute approximate surface area is 143 Å². The summed E-state index contributed by atoms with van der Waals surface area (Å²) in [6, 6.07) is 15.9. The molecule has 0 aliphatic carbocycles. The lowest BCUT2D eigenvalue weighted by molar-refractivity contribution is 0.102. The van der Waals surface area contributed by atoms with Crippen molar-refractivity contribution in [3.8, 4) is 16.9 Å². The highest BCUT2D eigenvalue weighted by Crippen LogP contribution is 2.25. The number of H-pyrrole nitrogens is 1. The highest BCUT2D eigenvalue weighted by molar-refractivity contribution is 6.11. The van der Waals surface area contributed by atoms with E-state index < -0.39 is 0 Å². The van der Waals surface area contributed by atoms with Gasteiger partial charge in [-0.2, -0.15) is 5.10 Å². The average molecular weight is 330 g/mol. The minimum absolute atomic E-state index is 0.143. The summed E-state index contributed by atoms with van der Waals surface area (Å²) in [7, 11) is 0. The molecule has 0 bridgehead atoms. The fourth-order valence-electron chi connectivity index (χ4n) is 2.64. The minimum Gasteiger partial charge on any atom is -0.508 e. The van der Waals surface area contributed by atoms with E-state index in [1.54, 1.807) is 24.5 Å². The number of hydrogen-bond acceptors (Lipinski definition) is 4. The Morgan fingerprint density at radius 1 is 1.04 bits per heavy atom. The van der Waals surface area contributed by atoms with E-state index in [2.05, 4.69) is 20.5 Å². The zero-order valence-corrected chi connectivity index (χ0v) is 13.1. The smallest absolute Gasteiger partial charge is 0.276 e. The van der Waals surface area contributed by atoms with Gasteiger partial charge < -0.3 is 10.4 Å². The maximum Gasteiger partial charge on any atom is 0.276 e. The van der Waals surface area contributed by atoms with Crippen molar-refractivity contribution >= 4 is 22.5 Å². The third-order valence-electron chi connectivity index (χ3n) is 3.90. The molecule has 6 heteroatoms. The number of phenolic OH excluding ortho intramolecular Hbond substituents is 1. The molecule has 0 aliphatic heterocycles. The predicted octanol–water partition coefficient (Wildman–Crippen LogP) is 3.58. The number of amides is 1. The van der Waals surface area contributed by atoms with E-state index in [0.29, 0.717) is 11.4 Å². The molecule has 2 aromatic heterocycles. The Hall–Kier alpha value is -3.67. The van der Waals surface area contributed by atoms with Crippen LogP contribution in [0.15, 0.2) is 67.0 Å². The Morgan fingerprint density at radius 2 is 1.88 bits per heavy atom. The summed E-state index contributed by atoms with van der Waals surface area (Å²) in [4.78, 5) is 16.7. The number of rotatable bonds is 3. The topological polar surface area (TPSA) is 90.9 Å². The number of phenols is 1. The lowest BCUT2D eigenvalue weighted by Crippen LogP contribution is -2.12. The number of fused-ring (bicyclic) bond motifs is 1. The van der Waals surface area contributed by atoms with Gasteiger partial charge in [-0.05, 0) is 48.0 Å². The molecule has 6 nitrogen and oxygen atoms in total. The van der Waals surface area contributed by atoms with Gasteiger partial charge in [0.2, 0.25) is 0 Å². The van der Waals surface area contributed by atoms with Crippen molar-refractivity contribution in [2.24, 2.45) is 0 Å². The van der Waals surface area contributed by atoms with Gasteiger partial charge >= 0.3 is 0 Å². The first kappa shape index (κ1) is 14.9. The second kappa shape index (κ2) is 6.09. The molecule has 0 saturated carbocycles. The number of pyridine rings is 1. The maximum absolute atomic E-state index is 12.6. The van der Waals surface area contributed by atoms with Crippen molar-refractivity contribution in [1.29, 1.82) is 0 Å². The average Bonchev–Trinajstić information content (AvgIpc) is 3.07. The first-order chi connectivity index (χ1) is 12.2. The first-order valence-electron chi connectivity index (χ1n) is 7.69. The largest absolute Gasteiger partial charge is 0.508 e. The van der Waals surface area contributed by atoms with Crippen LogP contribution in [-0.2, 0) is 0 Å². The Morgan fingerprint density at radius 3 is 2.64 bits per heavy atom. The van der Waals surface area contributed by atoms with Crippen LogP contribution in [0.3, 0.4) is 0 Å². The lowest BCUT2D eigenvalue weighted by atomic mass is 10.0. The molecule has 0 aliphatic rings. The van der Waals surface area contributed by atoms with Crippen LogP contribution in [0.2, 0.25) is 0 Å². The molecule has 0 unspecified atom stereocenters. The Bertz CT molecular complexity index is 1040. The molecule has 0 atom stereocenters. The van der Waals surface area contributed by atoms with E-state index in [1.165, 1.54) is 12.1 Å². The van der Waals surface area contributed by atoms with E-state index in [4.69, 9.17) is 0 Å². The fraction of sp³-hybridized carbons (Fsp3) is 0. The number of nitrogens with zero attached hydrogens (tertiary/aromatic N) is 2. The van der Waals surface area contributed by atoms with E-state index in [9.17, 15) is 9.90 Å². The number of carbonyl (C=O) groups excluding carboxylic acids is 1. The molecule has 0 spiro atoms. The van der Waals surface area contributed by atoms with Crippen LogP contribution in [0.25, 0.3) is 22.0 Å². The third kappa shape index (κ3) is 2.92. The van der Waals surface area contributed by atoms with Crippen LogP contribution in [0.4, 0.5) is 5.69 Å². The minimum atomic E-state index is -0.319. The maximum atomic E-state index is 12.6. The van der Waals surface area contributed by atoms with Crippen LogP contribution in [-0.4, -0.2) is 26.2 Å². The second-order valence-corrected chi connectivity index (χ2v) is 5.58. The number of aromatic nitrogens is 3. The molecule has 2 aromatic carbocycles. The van der Waals surface area contributed by atoms with Crippen molar-refractivity contribution in [3.63, 3.8) is 0 Å². The number of aromatic hydroxyl groups is 1. The van der Waals surface area contributed by atoms with Gasteiger partial charge in [0.15, 0.2) is 5.69 Å². The molecule has 0 saturated heterocycles. The van der Waals surface area contributed by atoms with E-state index in [1.807, 2.05) is 30.3 Å². The van der Waals surface area contributed by atoms with Gasteiger partial charge in [-0.1, -0.05) is 12.1 Å². The van der Waals surface area contributed by atoms with Crippen molar-refractivity contribution in [3.05, 3.63) is 72.7 Å². The van der Waals surface area contributed by atoms with Crippen LogP contribution < -0.4 is 5.32 Å². The standard InChI is InChI=1S/C19H14N4O2/c24-15-6-4-14(5-7-15)21-19(25)18-16-10-12(3-8-17(16)22-23-18)13-2-1-9-20-11-13/h1-11,24H,(H,21,25)(H,22,23). The van der Waals surface area contributed by atoms with Crippen molar-refractivity contribution < 1.29 is 9.90 Å². The molecule has 2 heterocycles. The van der Waals surface area contributed by atoms with E-state index in [-0.39, 0.29) is 11.7 Å². The predicted molar refractivity (Wildman–Crippen MR) is 95.4 cm³/mol. The van der Waals surface area contributed by atoms with Crippen LogP contribution >= 0.6 is 0 Å². The summed E-state index contributed by atoms with van der Waals surface area (Å²) in [5.74, 6) is -0.176. The molecular weight excluding hydrogens is 316 g/mol. The molecule has 0 radical (unpaired) electrons. The lowest BCUT2D eigenvalue weighted by Gasteiger charge is -2.04. The van der Waals surface area contributed by atoms with Gasteiger partial charge in [-0.3, -0.25) is 14.9 Å². The van der Waals surface area contributed by atoms with Crippen LogP contribution in [0.5, 0.6) is 5.75 Å². The summed E-state index contributed by atoms with van der Waals surface area (Å²) in [5, 5.41) is 19.8. The molecule has 122 valence electrons. The highest BCUT2D eigenvalue weighted by Gasteiger charge is 2.15. The van der Waals surface area contributed by atoms with Gasteiger partial charge in [0.1, 0.15) is 5.75 Å². The van der Waals surface area contributed by atoms with E-state index in [0.717, 1.165) is 22.0 Å². The van der Waals surface area contributed by atoms with E-state index >= 15 is 0 Å². The molecule has 1 amide bonds. The monoisotopic (exact) mass is 330 g/mol. The summed E-state index contributed by atoms with van der Waals surface area (Å²) in [5.41, 5.74) is 3.61. The summed E-state index contributed by atoms with van der Waals surface area (Å²) in [6.45, 7) is 0. The zero-order chi connectivity index (χ0) is 17.2. The van der Waals surface area contributed by atoms with Crippen LogP contribution in [0.1, 0.15) is 10.5 Å². The SMILES string of the molecule is O=C(Nc1ccc(O)cc1)c1n[nH]c2ccc(-c3cccnc3)cc12. The molecule has 25 heavy (non-hydrogen) atoms. The molecular formula is C19H14N4O2. The summed E-state index contributed by atoms with van der Waals surface area (Å²) >= 11 is 0. The van der Waals surface area contributed by atoms with Gasteiger partial charge in [-0.25, -0.2) is 0 Å². The van der Waals surface area contributed by atoms with Crippen molar-refractivity contribution in [1.82, 2.24) is 15.2 Å². The Balaban J connectivity index is 1.69. The van der Waals surface area contributed by atoms with Gasteiger partial charge in [0.25, 0.3) is 5.91 Å². The molecule has 0 fully saturated rings. The van der Waals surface area contributed by atoms with Gasteiger partial charge in [-0.15, -0.1) is 0 Å². The highest BCUT2D eigenvalue weighted by atomic mass is 16.3. The molecule has 4 rings (SSSR count). The normalized spacial score (nSPS) is 10.7. The van der Waals surface area contributed by atoms with Crippen molar-refractivity contribution in [2.75, 3.05) is 5.32 Å². The number of anilines is 1. The number of benzene rings is 2. The molecule has 3 N–H and O–H groups in total. The summed E-state index contributed by atoms with van der Waals surface area (Å²) in [6.07, 6.45) is 3.49. The first-order valence-corrected chi connectivity index (χ1v) is 7.69. The number of hydrogen-bond donors (Lipinski definition) is 3. The Kier molecular flexibility index (Phi) is 3.63. The number of nitrogens with one attached hydrogen (secondary N) is 2. The molecule has 4 aromatic rings. The second-order valence-electron chi connectivity index (χ2n) is 5.58. The zero-order valence-electron chi connectivity index (χ0n) is 13.1. The van der Waals surface area contributed by atoms with Crippen LogP contribution in [0, 0.1) is 0 Å².